The Morgan fingerprint density at radius 1 is 1.03 bits per heavy atom. The molecule has 0 heterocycles. The van der Waals surface area contributed by atoms with Gasteiger partial charge >= 0.3 is 0 Å². The molecule has 0 saturated carbocycles. The summed E-state index contributed by atoms with van der Waals surface area (Å²) in [5, 5.41) is 3.11. The Hall–Kier alpha value is -2.00. The Morgan fingerprint density at radius 2 is 1.66 bits per heavy atom. The van der Waals surface area contributed by atoms with Gasteiger partial charge in [-0.1, -0.05) is 71.6 Å². The molecule has 1 atom stereocenters. The molecule has 2 rings (SSSR count). The predicted molar refractivity (Wildman–Crippen MR) is 143 cm³/mol. The van der Waals surface area contributed by atoms with Crippen LogP contribution in [0.4, 0.5) is 5.69 Å². The van der Waals surface area contributed by atoms with Gasteiger partial charge in [-0.2, -0.15) is 0 Å². The summed E-state index contributed by atoms with van der Waals surface area (Å²) in [6, 6.07) is 9.23. The monoisotopic (exact) mass is 561 g/mol. The molecule has 0 spiro atoms. The molecular formula is C24H30Cl3N3O4S. The van der Waals surface area contributed by atoms with Crippen LogP contribution in [0.3, 0.4) is 0 Å². The lowest BCUT2D eigenvalue weighted by atomic mass is 10.1. The van der Waals surface area contributed by atoms with Crippen molar-refractivity contribution in [1.82, 2.24) is 10.2 Å². The van der Waals surface area contributed by atoms with Crippen LogP contribution in [-0.2, 0) is 26.2 Å². The van der Waals surface area contributed by atoms with Crippen molar-refractivity contribution in [3.05, 3.63) is 62.6 Å². The van der Waals surface area contributed by atoms with E-state index >= 15 is 0 Å². The molecule has 0 aliphatic heterocycles. The molecule has 0 aliphatic rings. The molecule has 0 bridgehead atoms. The number of nitrogens with zero attached hydrogens (tertiary/aromatic N) is 2. The molecule has 2 aromatic carbocycles. The minimum Gasteiger partial charge on any atom is -0.352 e. The summed E-state index contributed by atoms with van der Waals surface area (Å²) in [6.45, 7) is 6.93. The highest BCUT2D eigenvalue weighted by atomic mass is 35.5. The maximum atomic E-state index is 13.7. The van der Waals surface area contributed by atoms with Crippen molar-refractivity contribution in [2.24, 2.45) is 0 Å². The van der Waals surface area contributed by atoms with Crippen molar-refractivity contribution in [2.75, 3.05) is 17.1 Å². The number of amides is 2. The van der Waals surface area contributed by atoms with Crippen molar-refractivity contribution in [2.45, 2.75) is 52.7 Å². The van der Waals surface area contributed by atoms with Crippen molar-refractivity contribution >= 4 is 62.3 Å². The number of halogens is 3. The fourth-order valence-corrected chi connectivity index (χ4v) is 5.15. The SMILES string of the molecule is CC[C@H](C(=O)NC(C)C)N(Cc1cccc(C)c1)C(=O)CN(c1cc(Cl)c(Cl)cc1Cl)S(C)(=O)=O. The van der Waals surface area contributed by atoms with Crippen molar-refractivity contribution in [3.8, 4) is 0 Å². The van der Waals surface area contributed by atoms with E-state index in [1.165, 1.54) is 17.0 Å². The summed E-state index contributed by atoms with van der Waals surface area (Å²) >= 11 is 18.4. The van der Waals surface area contributed by atoms with Crippen LogP contribution in [0.5, 0.6) is 0 Å². The molecule has 0 aliphatic carbocycles. The number of aryl methyl sites for hydroxylation is 1. The van der Waals surface area contributed by atoms with Crippen LogP contribution in [0.1, 0.15) is 38.3 Å². The van der Waals surface area contributed by atoms with Crippen LogP contribution in [0.2, 0.25) is 15.1 Å². The zero-order chi connectivity index (χ0) is 26.5. The first-order chi connectivity index (χ1) is 16.2. The fourth-order valence-electron chi connectivity index (χ4n) is 3.61. The average molecular weight is 563 g/mol. The van der Waals surface area contributed by atoms with Gasteiger partial charge in [-0.15, -0.1) is 0 Å². The predicted octanol–water partition coefficient (Wildman–Crippen LogP) is 5.05. The first kappa shape index (κ1) is 29.2. The van der Waals surface area contributed by atoms with E-state index in [2.05, 4.69) is 5.32 Å². The third-order valence-electron chi connectivity index (χ3n) is 5.19. The number of sulfonamides is 1. The standard InChI is InChI=1S/C24H30Cl3N3O4S/c1-6-21(24(32)28-15(2)3)29(13-17-9-7-8-16(4)10-17)23(31)14-30(35(5,33)34)22-12-19(26)18(25)11-20(22)27/h7-12,15,21H,6,13-14H2,1-5H3,(H,28,32)/t21-/m1/s1. The third kappa shape index (κ3) is 8.00. The minimum absolute atomic E-state index is 0.0205. The van der Waals surface area contributed by atoms with Gasteiger partial charge < -0.3 is 10.2 Å². The number of carbonyl (C=O) groups is 2. The highest BCUT2D eigenvalue weighted by molar-refractivity contribution is 7.92. The number of anilines is 1. The summed E-state index contributed by atoms with van der Waals surface area (Å²) in [4.78, 5) is 28.0. The van der Waals surface area contributed by atoms with Gasteiger partial charge in [0.1, 0.15) is 12.6 Å². The number of hydrogen-bond donors (Lipinski definition) is 1. The highest BCUT2D eigenvalue weighted by Gasteiger charge is 2.32. The molecule has 0 unspecified atom stereocenters. The third-order valence-corrected chi connectivity index (χ3v) is 7.34. The number of carbonyl (C=O) groups excluding carboxylic acids is 2. The first-order valence-corrected chi connectivity index (χ1v) is 14.0. The van der Waals surface area contributed by atoms with Crippen molar-refractivity contribution < 1.29 is 18.0 Å². The van der Waals surface area contributed by atoms with Gasteiger partial charge in [-0.05, 0) is 44.9 Å². The van der Waals surface area contributed by atoms with E-state index in [-0.39, 0.29) is 39.2 Å². The summed E-state index contributed by atoms with van der Waals surface area (Å²) in [5.41, 5.74) is 1.83. The van der Waals surface area contributed by atoms with Crippen LogP contribution in [-0.4, -0.2) is 50.0 Å². The van der Waals surface area contributed by atoms with Gasteiger partial charge in [0, 0.05) is 12.6 Å². The van der Waals surface area contributed by atoms with Crippen molar-refractivity contribution in [3.63, 3.8) is 0 Å². The van der Waals surface area contributed by atoms with Gasteiger partial charge in [-0.25, -0.2) is 8.42 Å². The van der Waals surface area contributed by atoms with Gasteiger partial charge in [-0.3, -0.25) is 13.9 Å². The number of rotatable bonds is 10. The number of nitrogens with one attached hydrogen (secondary N) is 1. The molecular weight excluding hydrogens is 533 g/mol. The zero-order valence-electron chi connectivity index (χ0n) is 20.3. The Kier molecular flexibility index (Phi) is 10.3. The Bertz CT molecular complexity index is 1190. The molecule has 2 amide bonds. The van der Waals surface area contributed by atoms with Crippen LogP contribution in [0.25, 0.3) is 0 Å². The fraction of sp³-hybridized carbons (Fsp3) is 0.417. The zero-order valence-corrected chi connectivity index (χ0v) is 23.4. The van der Waals surface area contributed by atoms with Crippen LogP contribution < -0.4 is 9.62 Å². The van der Waals surface area contributed by atoms with E-state index in [0.29, 0.717) is 6.42 Å². The van der Waals surface area contributed by atoms with E-state index in [1.54, 1.807) is 6.92 Å². The topological polar surface area (TPSA) is 86.8 Å². The lowest BCUT2D eigenvalue weighted by Crippen LogP contribution is -2.53. The molecule has 11 heteroatoms. The molecule has 35 heavy (non-hydrogen) atoms. The van der Waals surface area contributed by atoms with E-state index < -0.39 is 28.5 Å². The molecule has 0 fully saturated rings. The molecule has 192 valence electrons. The smallest absolute Gasteiger partial charge is 0.244 e. The second-order valence-electron chi connectivity index (χ2n) is 8.59. The lowest BCUT2D eigenvalue weighted by molar-refractivity contribution is -0.140. The van der Waals surface area contributed by atoms with E-state index in [4.69, 9.17) is 34.8 Å². The largest absolute Gasteiger partial charge is 0.352 e. The molecule has 0 saturated heterocycles. The van der Waals surface area contributed by atoms with E-state index in [0.717, 1.165) is 21.7 Å². The average Bonchev–Trinajstić information content (AvgIpc) is 2.73. The molecule has 2 aromatic rings. The maximum Gasteiger partial charge on any atom is 0.244 e. The van der Waals surface area contributed by atoms with Gasteiger partial charge in [0.15, 0.2) is 0 Å². The van der Waals surface area contributed by atoms with Gasteiger partial charge in [0.2, 0.25) is 21.8 Å². The molecule has 0 radical (unpaired) electrons. The van der Waals surface area contributed by atoms with E-state index in [9.17, 15) is 18.0 Å². The quantitative estimate of drug-likeness (QED) is 0.411. The summed E-state index contributed by atoms with van der Waals surface area (Å²) in [5.74, 6) is -0.883. The lowest BCUT2D eigenvalue weighted by Gasteiger charge is -2.33. The van der Waals surface area contributed by atoms with Gasteiger partial charge in [0.05, 0.1) is 27.0 Å². The highest BCUT2D eigenvalue weighted by Crippen LogP contribution is 2.35. The second kappa shape index (κ2) is 12.3. The van der Waals surface area contributed by atoms with Crippen LogP contribution >= 0.6 is 34.8 Å². The summed E-state index contributed by atoms with van der Waals surface area (Å²) < 4.78 is 26.3. The Labute approximate surface area is 222 Å². The Morgan fingerprint density at radius 3 is 2.20 bits per heavy atom. The second-order valence-corrected chi connectivity index (χ2v) is 11.7. The normalized spacial score (nSPS) is 12.4. The molecule has 1 N–H and O–H groups in total. The minimum atomic E-state index is -3.95. The van der Waals surface area contributed by atoms with Crippen LogP contribution in [0.15, 0.2) is 36.4 Å². The number of benzene rings is 2. The van der Waals surface area contributed by atoms with Crippen LogP contribution in [0, 0.1) is 6.92 Å². The molecule has 0 aromatic heterocycles. The van der Waals surface area contributed by atoms with Gasteiger partial charge in [0.25, 0.3) is 0 Å². The van der Waals surface area contributed by atoms with Crippen molar-refractivity contribution in [1.29, 1.82) is 0 Å². The first-order valence-electron chi connectivity index (χ1n) is 11.0. The summed E-state index contributed by atoms with van der Waals surface area (Å²) in [7, 11) is -3.95. The summed E-state index contributed by atoms with van der Waals surface area (Å²) in [6.07, 6.45) is 1.30. The van der Waals surface area contributed by atoms with E-state index in [1.807, 2.05) is 45.0 Å². The Balaban J connectivity index is 2.51. The number of hydrogen-bond acceptors (Lipinski definition) is 4. The molecule has 7 nitrogen and oxygen atoms in total. The maximum absolute atomic E-state index is 13.7.